The Kier molecular flexibility index (Phi) is 19.9. The molecule has 0 amide bonds. The SMILES string of the molecule is C.CN.CN.COC.O=c1oc(=O)c2cc3c(=O)oc(=O)c3cc12.[W].[W]. The third kappa shape index (κ3) is 7.17. The van der Waals surface area contributed by atoms with Crippen LogP contribution in [0.2, 0.25) is 0 Å². The maximum atomic E-state index is 11.2. The zero-order valence-corrected chi connectivity index (χ0v) is 19.9. The van der Waals surface area contributed by atoms with E-state index in [0.29, 0.717) is 0 Å². The van der Waals surface area contributed by atoms with Crippen LogP contribution in [0.5, 0.6) is 0 Å². The minimum Gasteiger partial charge on any atom is -0.388 e. The van der Waals surface area contributed by atoms with Crippen LogP contribution in [0.4, 0.5) is 0 Å². The molecule has 11 heteroatoms. The normalized spacial score (nSPS) is 8.23. The smallest absolute Gasteiger partial charge is 0.346 e. The first kappa shape index (κ1) is 32.4. The largest absolute Gasteiger partial charge is 0.388 e. The van der Waals surface area contributed by atoms with Crippen molar-refractivity contribution in [2.75, 3.05) is 28.3 Å². The summed E-state index contributed by atoms with van der Waals surface area (Å²) in [7, 11) is 6.25. The van der Waals surface area contributed by atoms with Crippen molar-refractivity contribution < 1.29 is 55.7 Å². The second-order valence-electron chi connectivity index (χ2n) is 3.71. The molecule has 0 saturated carbocycles. The van der Waals surface area contributed by atoms with Gasteiger partial charge in [0.1, 0.15) is 0 Å². The van der Waals surface area contributed by atoms with Gasteiger partial charge in [0.25, 0.3) is 0 Å². The molecule has 0 atom stereocenters. The molecule has 146 valence electrons. The third-order valence-electron chi connectivity index (χ3n) is 2.41. The summed E-state index contributed by atoms with van der Waals surface area (Å²) in [5, 5.41) is -0.0726. The van der Waals surface area contributed by atoms with Gasteiger partial charge >= 0.3 is 22.5 Å². The number of furan rings is 2. The number of rotatable bonds is 0. The van der Waals surface area contributed by atoms with Crippen LogP contribution in [0.25, 0.3) is 21.5 Å². The van der Waals surface area contributed by atoms with Gasteiger partial charge in [-0.3, -0.25) is 0 Å². The Bertz CT molecular complexity index is 810. The molecule has 0 aliphatic heterocycles. The number of ether oxygens (including phenoxy) is 1. The van der Waals surface area contributed by atoms with Gasteiger partial charge in [-0.15, -0.1) is 0 Å². The van der Waals surface area contributed by atoms with Crippen LogP contribution >= 0.6 is 0 Å². The van der Waals surface area contributed by atoms with Crippen molar-refractivity contribution >= 4 is 21.5 Å². The summed E-state index contributed by atoms with van der Waals surface area (Å²) in [5.41, 5.74) is 5.70. The number of hydrogen-bond donors (Lipinski definition) is 2. The zero-order valence-electron chi connectivity index (χ0n) is 14.0. The Morgan fingerprint density at radius 2 is 0.808 bits per heavy atom. The van der Waals surface area contributed by atoms with Crippen LogP contribution in [0.1, 0.15) is 7.43 Å². The van der Waals surface area contributed by atoms with Crippen molar-refractivity contribution in [2.45, 2.75) is 7.43 Å². The molecular weight excluding hydrogens is 688 g/mol. The number of benzene rings is 1. The molecule has 9 nitrogen and oxygen atoms in total. The molecule has 0 bridgehead atoms. The predicted molar refractivity (Wildman–Crippen MR) is 93.3 cm³/mol. The van der Waals surface area contributed by atoms with E-state index in [1.165, 1.54) is 14.1 Å². The van der Waals surface area contributed by atoms with Crippen LogP contribution in [-0.2, 0) is 46.9 Å². The van der Waals surface area contributed by atoms with Gasteiger partial charge in [-0.2, -0.15) is 0 Å². The molecular formula is C15H22N2O7W2. The first-order chi connectivity index (χ1) is 11.0. The number of nitrogens with two attached hydrogens (primary N) is 2. The average Bonchev–Trinajstić information content (AvgIpc) is 3.00. The fourth-order valence-electron chi connectivity index (χ4n) is 1.66. The summed E-state index contributed by atoms with van der Waals surface area (Å²) < 4.78 is 12.9. The monoisotopic (exact) mass is 710 g/mol. The second kappa shape index (κ2) is 16.0. The Labute approximate surface area is 177 Å². The molecule has 2 aromatic heterocycles. The van der Waals surface area contributed by atoms with E-state index < -0.39 is 22.5 Å². The van der Waals surface area contributed by atoms with Crippen LogP contribution in [-0.4, -0.2) is 28.3 Å². The molecule has 3 aromatic rings. The molecule has 0 aliphatic carbocycles. The second-order valence-corrected chi connectivity index (χ2v) is 3.71. The Hall–Kier alpha value is -1.24. The molecule has 2 heterocycles. The predicted octanol–water partition coefficient (Wildman–Crippen LogP) is -0.461. The average molecular weight is 710 g/mol. The van der Waals surface area contributed by atoms with Crippen molar-refractivity contribution in [3.63, 3.8) is 0 Å². The quantitative estimate of drug-likeness (QED) is 0.316. The molecule has 4 N–H and O–H groups in total. The van der Waals surface area contributed by atoms with E-state index in [2.05, 4.69) is 25.0 Å². The first-order valence-electron chi connectivity index (χ1n) is 6.26. The molecule has 0 fully saturated rings. The van der Waals surface area contributed by atoms with E-state index in [9.17, 15) is 19.2 Å². The first-order valence-corrected chi connectivity index (χ1v) is 6.26. The maximum Gasteiger partial charge on any atom is 0.346 e. The Morgan fingerprint density at radius 3 is 0.962 bits per heavy atom. The van der Waals surface area contributed by atoms with E-state index >= 15 is 0 Å². The van der Waals surface area contributed by atoms with Crippen LogP contribution in [0.15, 0.2) is 40.1 Å². The minimum atomic E-state index is -0.824. The maximum absolute atomic E-state index is 11.2. The minimum absolute atomic E-state index is 0. The van der Waals surface area contributed by atoms with Gasteiger partial charge in [-0.1, -0.05) is 7.43 Å². The number of methoxy groups -OCH3 is 1. The number of fused-ring (bicyclic) bond motifs is 2. The molecule has 0 saturated heterocycles. The van der Waals surface area contributed by atoms with Crippen LogP contribution in [0.3, 0.4) is 0 Å². The van der Waals surface area contributed by atoms with Crippen molar-refractivity contribution in [2.24, 2.45) is 11.5 Å². The summed E-state index contributed by atoms with van der Waals surface area (Å²) in [6.07, 6.45) is 0. The standard InChI is InChI=1S/C10H2O6.C2H6O.2CH5N.CH4.2W/c11-7-3-1-4-6(10(14)16-8(4)12)2-5(3)9(13)15-7;1-3-2;2*1-2;;;/h1-2H;1-2H3;2*2H2,1H3;1H4;;. The summed E-state index contributed by atoms with van der Waals surface area (Å²) in [4.78, 5) is 44.7. The molecule has 3 rings (SSSR count). The molecule has 26 heavy (non-hydrogen) atoms. The van der Waals surface area contributed by atoms with E-state index in [4.69, 9.17) is 0 Å². The fraction of sp³-hybridized carbons (Fsp3) is 0.333. The van der Waals surface area contributed by atoms with Gasteiger partial charge in [0, 0.05) is 56.4 Å². The fourth-order valence-corrected chi connectivity index (χ4v) is 1.66. The summed E-state index contributed by atoms with van der Waals surface area (Å²) in [6, 6.07) is 2.29. The Balaban J connectivity index is -0.000000217. The number of hydrogen-bond acceptors (Lipinski definition) is 9. The van der Waals surface area contributed by atoms with E-state index in [1.54, 1.807) is 14.2 Å². The summed E-state index contributed by atoms with van der Waals surface area (Å²) in [5.74, 6) is 0. The van der Waals surface area contributed by atoms with Gasteiger partial charge in [0.2, 0.25) is 0 Å². The van der Waals surface area contributed by atoms with Crippen LogP contribution < -0.4 is 34.0 Å². The van der Waals surface area contributed by atoms with Crippen molar-refractivity contribution in [1.82, 2.24) is 0 Å². The summed E-state index contributed by atoms with van der Waals surface area (Å²) in [6.45, 7) is 0. The van der Waals surface area contributed by atoms with E-state index in [1.807, 2.05) is 0 Å². The molecule has 1 aromatic carbocycles. The molecule has 0 radical (unpaired) electrons. The van der Waals surface area contributed by atoms with Crippen molar-refractivity contribution in [1.29, 1.82) is 0 Å². The van der Waals surface area contributed by atoms with Crippen LogP contribution in [0, 0.1) is 0 Å². The van der Waals surface area contributed by atoms with Gasteiger partial charge in [0.15, 0.2) is 0 Å². The van der Waals surface area contributed by atoms with Gasteiger partial charge < -0.3 is 25.0 Å². The zero-order chi connectivity index (χ0) is 18.2. The molecule has 0 aliphatic rings. The summed E-state index contributed by atoms with van der Waals surface area (Å²) >= 11 is 0. The Morgan fingerprint density at radius 1 is 0.654 bits per heavy atom. The van der Waals surface area contributed by atoms with Gasteiger partial charge in [0.05, 0.1) is 21.5 Å². The van der Waals surface area contributed by atoms with E-state index in [-0.39, 0.29) is 71.1 Å². The van der Waals surface area contributed by atoms with Gasteiger partial charge in [-0.05, 0) is 26.2 Å². The molecule has 0 spiro atoms. The van der Waals surface area contributed by atoms with Crippen molar-refractivity contribution in [3.05, 3.63) is 53.8 Å². The third-order valence-corrected chi connectivity index (χ3v) is 2.41. The topological polar surface area (TPSA) is 156 Å². The van der Waals surface area contributed by atoms with Crippen molar-refractivity contribution in [3.8, 4) is 0 Å². The molecule has 0 unspecified atom stereocenters. The van der Waals surface area contributed by atoms with E-state index in [0.717, 1.165) is 12.1 Å². The van der Waals surface area contributed by atoms with Gasteiger partial charge in [-0.25, -0.2) is 19.2 Å².